The molecule has 12 heavy (non-hydrogen) atoms. The Morgan fingerprint density at radius 1 is 1.58 bits per heavy atom. The molecule has 0 saturated heterocycles. The maximum absolute atomic E-state index is 10.6. The van der Waals surface area contributed by atoms with Gasteiger partial charge in [-0.15, -0.1) is 12.4 Å². The Morgan fingerprint density at radius 3 is 2.58 bits per heavy atom. The van der Waals surface area contributed by atoms with E-state index in [2.05, 4.69) is 14.8 Å². The van der Waals surface area contributed by atoms with Crippen molar-refractivity contribution in [3.63, 3.8) is 0 Å². The SMILES string of the molecule is CCNC(=O)NSNC(=N)N.Cl. The molecular formula is C4H12ClN5OS. The molecule has 72 valence electrons. The van der Waals surface area contributed by atoms with Gasteiger partial charge in [-0.3, -0.25) is 14.9 Å². The van der Waals surface area contributed by atoms with Crippen LogP contribution in [0.5, 0.6) is 0 Å². The third kappa shape index (κ3) is 9.18. The van der Waals surface area contributed by atoms with Gasteiger partial charge in [0, 0.05) is 6.54 Å². The van der Waals surface area contributed by atoms with Gasteiger partial charge in [-0.1, -0.05) is 0 Å². The van der Waals surface area contributed by atoms with Crippen LogP contribution in [0.25, 0.3) is 0 Å². The zero-order valence-electron chi connectivity index (χ0n) is 6.51. The van der Waals surface area contributed by atoms with E-state index in [1.54, 1.807) is 0 Å². The van der Waals surface area contributed by atoms with E-state index < -0.39 is 0 Å². The van der Waals surface area contributed by atoms with Crippen LogP contribution in [0.15, 0.2) is 0 Å². The van der Waals surface area contributed by atoms with Crippen LogP contribution in [-0.4, -0.2) is 18.5 Å². The van der Waals surface area contributed by atoms with E-state index in [-0.39, 0.29) is 24.4 Å². The van der Waals surface area contributed by atoms with Crippen LogP contribution in [0.4, 0.5) is 4.79 Å². The molecule has 0 atom stereocenters. The monoisotopic (exact) mass is 213 g/mol. The number of hydrogen-bond donors (Lipinski definition) is 5. The molecule has 0 saturated carbocycles. The summed E-state index contributed by atoms with van der Waals surface area (Å²) in [7, 11) is 0. The summed E-state index contributed by atoms with van der Waals surface area (Å²) in [6.07, 6.45) is 0. The summed E-state index contributed by atoms with van der Waals surface area (Å²) in [4.78, 5) is 10.6. The van der Waals surface area contributed by atoms with Gasteiger partial charge in [0.1, 0.15) is 0 Å². The van der Waals surface area contributed by atoms with E-state index in [1.165, 1.54) is 0 Å². The normalized spacial score (nSPS) is 7.75. The first-order valence-corrected chi connectivity index (χ1v) is 3.78. The Kier molecular flexibility index (Phi) is 9.48. The van der Waals surface area contributed by atoms with Crippen LogP contribution in [0.2, 0.25) is 0 Å². The van der Waals surface area contributed by atoms with Crippen molar-refractivity contribution in [2.75, 3.05) is 6.54 Å². The van der Waals surface area contributed by atoms with E-state index in [1.807, 2.05) is 6.92 Å². The third-order valence-electron chi connectivity index (χ3n) is 0.642. The van der Waals surface area contributed by atoms with Crippen LogP contribution < -0.4 is 20.5 Å². The molecule has 0 aromatic carbocycles. The molecule has 0 radical (unpaired) electrons. The predicted octanol–water partition coefficient (Wildman–Crippen LogP) is -0.226. The number of halogens is 1. The van der Waals surface area contributed by atoms with Gasteiger partial charge in [0.25, 0.3) is 0 Å². The van der Waals surface area contributed by atoms with Crippen molar-refractivity contribution >= 4 is 36.5 Å². The largest absolute Gasteiger partial charge is 0.369 e. The Hall–Kier alpha value is -0.820. The zero-order valence-corrected chi connectivity index (χ0v) is 8.14. The van der Waals surface area contributed by atoms with Gasteiger partial charge in [0.15, 0.2) is 5.96 Å². The number of guanidine groups is 1. The van der Waals surface area contributed by atoms with Gasteiger partial charge in [0.05, 0.1) is 12.1 Å². The smallest absolute Gasteiger partial charge is 0.326 e. The summed E-state index contributed by atoms with van der Waals surface area (Å²) >= 11 is 0.848. The molecule has 0 heterocycles. The summed E-state index contributed by atoms with van der Waals surface area (Å²) in [5.41, 5.74) is 4.93. The molecule has 0 unspecified atom stereocenters. The number of nitrogens with one attached hydrogen (secondary N) is 4. The highest BCUT2D eigenvalue weighted by Gasteiger charge is 1.95. The van der Waals surface area contributed by atoms with Crippen molar-refractivity contribution < 1.29 is 4.79 Å². The van der Waals surface area contributed by atoms with E-state index in [9.17, 15) is 4.79 Å². The lowest BCUT2D eigenvalue weighted by Crippen LogP contribution is -2.35. The third-order valence-corrected chi connectivity index (χ3v) is 1.25. The van der Waals surface area contributed by atoms with Crippen LogP contribution in [-0.2, 0) is 0 Å². The molecule has 0 aromatic rings. The van der Waals surface area contributed by atoms with Crippen molar-refractivity contribution in [1.82, 2.24) is 14.8 Å². The molecule has 0 aliphatic heterocycles. The number of hydrogen-bond acceptors (Lipinski definition) is 3. The van der Waals surface area contributed by atoms with Gasteiger partial charge in [0.2, 0.25) is 0 Å². The molecule has 0 aromatic heterocycles. The summed E-state index contributed by atoms with van der Waals surface area (Å²) in [6.45, 7) is 2.37. The average Bonchev–Trinajstić information content (AvgIpc) is 1.87. The number of nitrogens with two attached hydrogens (primary N) is 1. The fourth-order valence-corrected chi connectivity index (χ4v) is 0.649. The minimum Gasteiger partial charge on any atom is -0.369 e. The molecule has 0 spiro atoms. The van der Waals surface area contributed by atoms with E-state index in [4.69, 9.17) is 11.1 Å². The fourth-order valence-electron chi connectivity index (χ4n) is 0.323. The van der Waals surface area contributed by atoms with E-state index >= 15 is 0 Å². The summed E-state index contributed by atoms with van der Waals surface area (Å²) in [5, 5.41) is 9.21. The highest BCUT2D eigenvalue weighted by molar-refractivity contribution is 7.96. The predicted molar refractivity (Wildman–Crippen MR) is 52.1 cm³/mol. The fraction of sp³-hybridized carbons (Fsp3) is 0.500. The van der Waals surface area contributed by atoms with Crippen molar-refractivity contribution in [3.8, 4) is 0 Å². The van der Waals surface area contributed by atoms with Crippen molar-refractivity contribution in [2.45, 2.75) is 6.92 Å². The van der Waals surface area contributed by atoms with Gasteiger partial charge < -0.3 is 11.1 Å². The minimum atomic E-state index is -0.314. The molecule has 2 amide bonds. The lowest BCUT2D eigenvalue weighted by molar-refractivity contribution is 0.247. The number of urea groups is 1. The van der Waals surface area contributed by atoms with Gasteiger partial charge in [-0.2, -0.15) is 0 Å². The van der Waals surface area contributed by atoms with Gasteiger partial charge >= 0.3 is 6.03 Å². The van der Waals surface area contributed by atoms with Gasteiger partial charge in [-0.25, -0.2) is 4.79 Å². The quantitative estimate of drug-likeness (QED) is 0.254. The topological polar surface area (TPSA) is 103 Å². The van der Waals surface area contributed by atoms with Crippen molar-refractivity contribution in [1.29, 1.82) is 5.41 Å². The number of carbonyl (C=O) groups excluding carboxylic acids is 1. The Morgan fingerprint density at radius 2 is 2.17 bits per heavy atom. The second kappa shape index (κ2) is 8.28. The molecule has 0 aliphatic carbocycles. The Bertz CT molecular complexity index is 154. The first-order valence-electron chi connectivity index (χ1n) is 2.96. The summed E-state index contributed by atoms with van der Waals surface area (Å²) in [6, 6.07) is -0.314. The average molecular weight is 214 g/mol. The van der Waals surface area contributed by atoms with Gasteiger partial charge in [-0.05, 0) is 6.92 Å². The molecular weight excluding hydrogens is 202 g/mol. The molecule has 8 heteroatoms. The first kappa shape index (κ1) is 13.7. The van der Waals surface area contributed by atoms with Crippen LogP contribution >= 0.6 is 24.5 Å². The lowest BCUT2D eigenvalue weighted by atomic mass is 10.7. The van der Waals surface area contributed by atoms with Crippen LogP contribution in [0.3, 0.4) is 0 Å². The molecule has 0 fully saturated rings. The zero-order chi connectivity index (χ0) is 8.69. The van der Waals surface area contributed by atoms with E-state index in [0.717, 1.165) is 12.1 Å². The minimum absolute atomic E-state index is 0. The van der Waals surface area contributed by atoms with Crippen LogP contribution in [0.1, 0.15) is 6.92 Å². The standard InChI is InChI=1S/C4H11N5OS.ClH/c1-2-7-4(10)9-11-8-3(5)6;/h2H2,1H3,(H4,5,6,8)(H2,7,9,10);1H. The summed E-state index contributed by atoms with van der Waals surface area (Å²) in [5.74, 6) is -0.202. The lowest BCUT2D eigenvalue weighted by Gasteiger charge is -2.04. The number of amides is 2. The molecule has 6 N–H and O–H groups in total. The maximum Gasteiger partial charge on any atom is 0.326 e. The van der Waals surface area contributed by atoms with E-state index in [0.29, 0.717) is 6.54 Å². The molecule has 0 aliphatic rings. The first-order chi connectivity index (χ1) is 5.16. The summed E-state index contributed by atoms with van der Waals surface area (Å²) < 4.78 is 4.69. The Labute approximate surface area is 81.2 Å². The number of rotatable bonds is 3. The molecule has 0 rings (SSSR count). The molecule has 6 nitrogen and oxygen atoms in total. The second-order valence-electron chi connectivity index (χ2n) is 1.58. The maximum atomic E-state index is 10.6. The Balaban J connectivity index is 0. The molecule has 0 bridgehead atoms. The highest BCUT2D eigenvalue weighted by atomic mass is 35.5. The highest BCUT2D eigenvalue weighted by Crippen LogP contribution is 1.81. The van der Waals surface area contributed by atoms with Crippen LogP contribution in [0, 0.1) is 5.41 Å². The number of carbonyl (C=O) groups is 1. The van der Waals surface area contributed by atoms with Crippen molar-refractivity contribution in [2.24, 2.45) is 5.73 Å². The van der Waals surface area contributed by atoms with Crippen molar-refractivity contribution in [3.05, 3.63) is 0 Å². The second-order valence-corrected chi connectivity index (χ2v) is 2.19.